The largest absolute Gasteiger partial charge is 0.131 e. The lowest BCUT2D eigenvalue weighted by Gasteiger charge is -1.99. The molecule has 0 aliphatic carbocycles. The van der Waals surface area contributed by atoms with Crippen LogP contribution < -0.4 is 0 Å². The number of rotatable bonds is 1. The molecule has 0 aromatic heterocycles. The van der Waals surface area contributed by atoms with Crippen LogP contribution in [0, 0.1) is 6.92 Å². The first-order valence-electron chi connectivity index (χ1n) is 3.01. The summed E-state index contributed by atoms with van der Waals surface area (Å²) < 4.78 is 0.665. The zero-order valence-corrected chi connectivity index (χ0v) is 7.38. The highest BCUT2D eigenvalue weighted by atomic mass is 32.1. The van der Waals surface area contributed by atoms with Crippen molar-refractivity contribution in [3.63, 3.8) is 0 Å². The lowest BCUT2D eigenvalue weighted by Crippen LogP contribution is -1.89. The monoisotopic (exact) mass is 168 g/mol. The Morgan fingerprint density at radius 1 is 1.40 bits per heavy atom. The average Bonchev–Trinajstić information content (AvgIpc) is 1.88. The zero-order valence-electron chi connectivity index (χ0n) is 5.66. The third-order valence-electron chi connectivity index (χ3n) is 1.38. The second kappa shape index (κ2) is 3.17. The van der Waals surface area contributed by atoms with Gasteiger partial charge in [-0.2, -0.15) is 0 Å². The lowest BCUT2D eigenvalue weighted by molar-refractivity contribution is 1.46. The predicted octanol–water partition coefficient (Wildman–Crippen LogP) is 2.60. The van der Waals surface area contributed by atoms with Crippen molar-refractivity contribution in [2.24, 2.45) is 0 Å². The number of hydrogen-bond donors (Lipinski definition) is 1. The quantitative estimate of drug-likeness (QED) is 0.497. The Hall–Kier alpha value is -0.340. The topological polar surface area (TPSA) is 0 Å². The molecule has 0 unspecified atom stereocenters. The van der Waals surface area contributed by atoms with Gasteiger partial charge >= 0.3 is 0 Å². The van der Waals surface area contributed by atoms with Crippen LogP contribution >= 0.6 is 24.8 Å². The molecule has 0 nitrogen and oxygen atoms in total. The first kappa shape index (κ1) is 7.76. The van der Waals surface area contributed by atoms with Crippen LogP contribution in [-0.4, -0.2) is 4.20 Å². The van der Waals surface area contributed by atoms with Crippen LogP contribution in [0.15, 0.2) is 24.3 Å². The van der Waals surface area contributed by atoms with Crippen LogP contribution in [0.25, 0.3) is 0 Å². The second-order valence-electron chi connectivity index (χ2n) is 2.12. The van der Waals surface area contributed by atoms with Gasteiger partial charge in [-0.1, -0.05) is 36.5 Å². The van der Waals surface area contributed by atoms with E-state index in [0.717, 1.165) is 5.56 Å². The first-order valence-corrected chi connectivity index (χ1v) is 3.86. The van der Waals surface area contributed by atoms with E-state index >= 15 is 0 Å². The van der Waals surface area contributed by atoms with E-state index in [-0.39, 0.29) is 0 Å². The summed E-state index contributed by atoms with van der Waals surface area (Å²) in [4.78, 5) is 0. The standard InChI is InChI=1S/C8H8S2/c1-6-4-2-3-5-7(6)8(9)10/h2-5H,1H3,(H,9,10). The summed E-state index contributed by atoms with van der Waals surface area (Å²) in [5.74, 6) is 0. The van der Waals surface area contributed by atoms with Crippen LogP contribution in [0.3, 0.4) is 0 Å². The van der Waals surface area contributed by atoms with Crippen molar-refractivity contribution >= 4 is 29.0 Å². The van der Waals surface area contributed by atoms with Gasteiger partial charge in [0.15, 0.2) is 0 Å². The molecule has 1 rings (SSSR count). The maximum atomic E-state index is 4.91. The third-order valence-corrected chi connectivity index (χ3v) is 1.84. The normalized spacial score (nSPS) is 9.40. The minimum absolute atomic E-state index is 0.665. The summed E-state index contributed by atoms with van der Waals surface area (Å²) in [7, 11) is 0. The van der Waals surface area contributed by atoms with Gasteiger partial charge in [0, 0.05) is 5.56 Å². The summed E-state index contributed by atoms with van der Waals surface area (Å²) in [6.07, 6.45) is 0. The molecule has 52 valence electrons. The molecule has 0 spiro atoms. The SMILES string of the molecule is Cc1ccccc1C(=S)S. The molecule has 1 aromatic carbocycles. The Balaban J connectivity index is 3.15. The molecular weight excluding hydrogens is 160 g/mol. The maximum Gasteiger partial charge on any atom is 0.0750 e. The van der Waals surface area contributed by atoms with Crippen molar-refractivity contribution in [3.8, 4) is 0 Å². The van der Waals surface area contributed by atoms with E-state index in [4.69, 9.17) is 12.2 Å². The third kappa shape index (κ3) is 1.58. The molecule has 0 radical (unpaired) electrons. The fraction of sp³-hybridized carbons (Fsp3) is 0.125. The minimum atomic E-state index is 0.665. The fourth-order valence-corrected chi connectivity index (χ4v) is 1.29. The Morgan fingerprint density at radius 3 is 2.40 bits per heavy atom. The van der Waals surface area contributed by atoms with Crippen molar-refractivity contribution in [3.05, 3.63) is 35.4 Å². The molecule has 0 N–H and O–H groups in total. The van der Waals surface area contributed by atoms with Crippen molar-refractivity contribution in [1.29, 1.82) is 0 Å². The summed E-state index contributed by atoms with van der Waals surface area (Å²) >= 11 is 9.00. The molecule has 0 saturated carbocycles. The van der Waals surface area contributed by atoms with Crippen LogP contribution in [0.4, 0.5) is 0 Å². The molecule has 1 aromatic rings. The zero-order chi connectivity index (χ0) is 7.56. The van der Waals surface area contributed by atoms with Gasteiger partial charge in [0.25, 0.3) is 0 Å². The Morgan fingerprint density at radius 2 is 2.00 bits per heavy atom. The van der Waals surface area contributed by atoms with Crippen LogP contribution in [0.5, 0.6) is 0 Å². The highest BCUT2D eigenvalue weighted by molar-refractivity contribution is 8.11. The molecule has 0 heterocycles. The fourth-order valence-electron chi connectivity index (χ4n) is 0.813. The smallest absolute Gasteiger partial charge is 0.0750 e. The molecule has 0 amide bonds. The molecule has 0 aliphatic rings. The van der Waals surface area contributed by atoms with Crippen LogP contribution in [-0.2, 0) is 0 Å². The Bertz CT molecular complexity index is 253. The number of benzene rings is 1. The van der Waals surface area contributed by atoms with E-state index in [0.29, 0.717) is 4.20 Å². The van der Waals surface area contributed by atoms with Crippen molar-refractivity contribution in [2.45, 2.75) is 6.92 Å². The van der Waals surface area contributed by atoms with E-state index in [1.807, 2.05) is 31.2 Å². The van der Waals surface area contributed by atoms with Gasteiger partial charge in [-0.3, -0.25) is 0 Å². The molecule has 0 saturated heterocycles. The van der Waals surface area contributed by atoms with E-state index in [2.05, 4.69) is 12.6 Å². The first-order chi connectivity index (χ1) is 4.72. The Kier molecular flexibility index (Phi) is 2.46. The average molecular weight is 168 g/mol. The number of aryl methyl sites for hydroxylation is 1. The maximum absolute atomic E-state index is 4.91. The molecule has 10 heavy (non-hydrogen) atoms. The summed E-state index contributed by atoms with van der Waals surface area (Å²) in [5, 5.41) is 0. The van der Waals surface area contributed by atoms with E-state index in [9.17, 15) is 0 Å². The van der Waals surface area contributed by atoms with Gasteiger partial charge in [0.1, 0.15) is 0 Å². The molecule has 0 atom stereocenters. The van der Waals surface area contributed by atoms with Gasteiger partial charge in [0.2, 0.25) is 0 Å². The Labute approximate surface area is 71.7 Å². The van der Waals surface area contributed by atoms with Crippen molar-refractivity contribution in [1.82, 2.24) is 0 Å². The minimum Gasteiger partial charge on any atom is -0.131 e. The van der Waals surface area contributed by atoms with Crippen molar-refractivity contribution in [2.75, 3.05) is 0 Å². The van der Waals surface area contributed by atoms with Gasteiger partial charge in [0.05, 0.1) is 4.20 Å². The predicted molar refractivity (Wildman–Crippen MR) is 51.9 cm³/mol. The summed E-state index contributed by atoms with van der Waals surface area (Å²) in [5.41, 5.74) is 2.24. The van der Waals surface area contributed by atoms with Gasteiger partial charge in [-0.05, 0) is 12.5 Å². The second-order valence-corrected chi connectivity index (χ2v) is 3.28. The summed E-state index contributed by atoms with van der Waals surface area (Å²) in [6.45, 7) is 2.03. The van der Waals surface area contributed by atoms with Crippen LogP contribution in [0.1, 0.15) is 11.1 Å². The molecule has 0 fully saturated rings. The van der Waals surface area contributed by atoms with E-state index in [1.54, 1.807) is 0 Å². The van der Waals surface area contributed by atoms with Crippen molar-refractivity contribution < 1.29 is 0 Å². The number of hydrogen-bond acceptors (Lipinski definition) is 1. The lowest BCUT2D eigenvalue weighted by atomic mass is 10.1. The van der Waals surface area contributed by atoms with E-state index < -0.39 is 0 Å². The molecular formula is C8H8S2. The van der Waals surface area contributed by atoms with E-state index in [1.165, 1.54) is 5.56 Å². The number of thiol groups is 1. The molecule has 2 heteroatoms. The highest BCUT2D eigenvalue weighted by Gasteiger charge is 1.96. The summed E-state index contributed by atoms with van der Waals surface area (Å²) in [6, 6.07) is 7.96. The van der Waals surface area contributed by atoms with Gasteiger partial charge < -0.3 is 0 Å². The van der Waals surface area contributed by atoms with Crippen LogP contribution in [0.2, 0.25) is 0 Å². The molecule has 0 bridgehead atoms. The van der Waals surface area contributed by atoms with Gasteiger partial charge in [-0.25, -0.2) is 0 Å². The number of thiocarbonyl (C=S) groups is 1. The van der Waals surface area contributed by atoms with Gasteiger partial charge in [-0.15, -0.1) is 12.6 Å². The highest BCUT2D eigenvalue weighted by Crippen LogP contribution is 2.09. The molecule has 0 aliphatic heterocycles.